The van der Waals surface area contributed by atoms with Gasteiger partial charge in [0.1, 0.15) is 0 Å². The molecule has 0 aromatic heterocycles. The molecule has 0 bridgehead atoms. The Hall–Kier alpha value is -4.59. The summed E-state index contributed by atoms with van der Waals surface area (Å²) in [6.45, 7) is 18.3. The van der Waals surface area contributed by atoms with Crippen molar-refractivity contribution in [3.63, 3.8) is 0 Å². The van der Waals surface area contributed by atoms with E-state index in [4.69, 9.17) is 24.7 Å². The second-order valence-corrected chi connectivity index (χ2v) is 32.9. The Morgan fingerprint density at radius 1 is 0.629 bits per heavy atom. The van der Waals surface area contributed by atoms with Gasteiger partial charge in [0.2, 0.25) is 0 Å². The van der Waals surface area contributed by atoms with E-state index in [9.17, 15) is 4.79 Å². The zero-order chi connectivity index (χ0) is 44.8. The summed E-state index contributed by atoms with van der Waals surface area (Å²) in [5, 5.41) is 9.70. The molecule has 2 amide bonds. The van der Waals surface area contributed by atoms with Crippen LogP contribution in [0.4, 0.5) is 4.79 Å². The van der Waals surface area contributed by atoms with Crippen molar-refractivity contribution in [2.24, 2.45) is 5.92 Å². The van der Waals surface area contributed by atoms with Gasteiger partial charge in [0.05, 0.1) is 0 Å². The molecule has 9 heteroatoms. The summed E-state index contributed by atoms with van der Waals surface area (Å²) in [6.07, 6.45) is -0.113. The first-order valence-corrected chi connectivity index (χ1v) is 28.3. The quantitative estimate of drug-likeness (QED) is 0.0795. The van der Waals surface area contributed by atoms with Crippen molar-refractivity contribution in [3.8, 4) is 0 Å². The molecule has 6 aromatic rings. The summed E-state index contributed by atoms with van der Waals surface area (Å²) in [4.78, 5) is 29.1. The van der Waals surface area contributed by atoms with Crippen LogP contribution in [0.2, 0.25) is 5.04 Å². The Bertz CT molecular complexity index is 2340. The SMILES string of the molecule is CC(C)[C@@H](CP(Br)(Cc1ccc2ccccc2c1)(c1ccccc1)c1ccccc1)NC(=O)C(NC(=O)OC(C)(C)C)[C@@H](C)O[Si](c1ccccc1)(c1ccccc1)C(C)(C)C. The Morgan fingerprint density at radius 3 is 1.56 bits per heavy atom. The van der Waals surface area contributed by atoms with Gasteiger partial charge in [0.15, 0.2) is 0 Å². The summed E-state index contributed by atoms with van der Waals surface area (Å²) in [5.41, 5.74) is 0.422. The number of fused-ring (bicyclic) bond motifs is 1. The molecule has 1 unspecified atom stereocenters. The first-order chi connectivity index (χ1) is 29.3. The van der Waals surface area contributed by atoms with E-state index < -0.39 is 37.5 Å². The summed E-state index contributed by atoms with van der Waals surface area (Å²) in [6, 6.07) is 55.9. The van der Waals surface area contributed by atoms with Gasteiger partial charge in [0.25, 0.3) is 0 Å². The normalized spacial score (nSPS) is 14.6. The van der Waals surface area contributed by atoms with E-state index >= 15 is 4.79 Å². The average Bonchev–Trinajstić information content (AvgIpc) is 3.24. The molecule has 0 aliphatic carbocycles. The molecular formula is C53H64BrN2O4PSi. The zero-order valence-corrected chi connectivity index (χ0v) is 41.3. The topological polar surface area (TPSA) is 76.7 Å². The van der Waals surface area contributed by atoms with Gasteiger partial charge in [-0.15, -0.1) is 0 Å². The van der Waals surface area contributed by atoms with Crippen LogP contribution in [0, 0.1) is 5.92 Å². The number of nitrogens with one attached hydrogen (secondary N) is 2. The van der Waals surface area contributed by atoms with Gasteiger partial charge < -0.3 is 0 Å². The van der Waals surface area contributed by atoms with E-state index in [-0.39, 0.29) is 22.9 Å². The number of carbonyl (C=O) groups is 2. The van der Waals surface area contributed by atoms with Crippen molar-refractivity contribution >= 4 is 72.9 Å². The van der Waals surface area contributed by atoms with E-state index in [0.29, 0.717) is 6.16 Å². The fourth-order valence-electron chi connectivity index (χ4n) is 8.84. The molecule has 0 heterocycles. The van der Waals surface area contributed by atoms with Crippen molar-refractivity contribution in [3.05, 3.63) is 169 Å². The van der Waals surface area contributed by atoms with Crippen LogP contribution in [0.3, 0.4) is 0 Å². The number of hydrogen-bond donors (Lipinski definition) is 2. The second kappa shape index (κ2) is 19.0. The van der Waals surface area contributed by atoms with E-state index in [1.807, 2.05) is 64.1 Å². The zero-order valence-electron chi connectivity index (χ0n) is 37.8. The molecule has 326 valence electrons. The Kier molecular flexibility index (Phi) is 14.4. The maximum absolute atomic E-state index is 15.3. The number of rotatable bonds is 15. The molecule has 0 radical (unpaired) electrons. The maximum atomic E-state index is 15.3. The summed E-state index contributed by atoms with van der Waals surface area (Å²) < 4.78 is 13.3. The van der Waals surface area contributed by atoms with Crippen molar-refractivity contribution in [1.29, 1.82) is 0 Å². The van der Waals surface area contributed by atoms with Gasteiger partial charge in [0, 0.05) is 0 Å². The molecule has 0 aliphatic heterocycles. The molecule has 3 atom stereocenters. The Labute approximate surface area is 379 Å². The number of carbonyl (C=O) groups excluding carboxylic acids is 2. The number of halogens is 1. The summed E-state index contributed by atoms with van der Waals surface area (Å²) in [7, 11) is -3.16. The van der Waals surface area contributed by atoms with Crippen LogP contribution in [-0.4, -0.2) is 50.3 Å². The molecule has 62 heavy (non-hydrogen) atoms. The van der Waals surface area contributed by atoms with Gasteiger partial charge >= 0.3 is 381 Å². The van der Waals surface area contributed by atoms with E-state index in [0.717, 1.165) is 16.5 Å². The minimum absolute atomic E-state index is 0.0112. The van der Waals surface area contributed by atoms with Gasteiger partial charge in [-0.1, -0.05) is 0 Å². The molecule has 0 saturated carbocycles. The van der Waals surface area contributed by atoms with Crippen LogP contribution in [-0.2, 0) is 20.1 Å². The number of ether oxygens (including phenoxy) is 1. The number of amides is 2. The van der Waals surface area contributed by atoms with Crippen molar-refractivity contribution in [2.75, 3.05) is 6.16 Å². The first-order valence-electron chi connectivity index (χ1n) is 21.7. The molecule has 6 nitrogen and oxygen atoms in total. The molecule has 0 spiro atoms. The standard InChI is InChI=1S/C53H64BrN2O4PSi/c1-39(2)48(38-61(54,44-26-14-10-15-27-44,45-28-16-11-17-29-45)37-41-34-35-42-24-22-23-25-43(42)36-41)55-50(57)49(56-51(58)59-52(4,5)6)40(3)60-62(53(7,8)9,46-30-18-12-19-31-46)47-32-20-13-21-33-47/h10-36,39-40,48-49H,37-38H2,1-9H3,(H,55,57)(H,56,58)/t40-,48-,49?/m1/s1. The molecule has 0 aliphatic rings. The van der Waals surface area contributed by atoms with Gasteiger partial charge in [-0.05, 0) is 0 Å². The Balaban J connectivity index is 1.46. The molecule has 0 fully saturated rings. The molecule has 0 saturated heterocycles. The second-order valence-electron chi connectivity index (χ2n) is 19.0. The first kappa shape index (κ1) is 46.9. The number of hydrogen-bond acceptors (Lipinski definition) is 4. The number of benzene rings is 6. The number of alkyl carbamates (subject to hydrolysis) is 1. The van der Waals surface area contributed by atoms with Crippen molar-refractivity contribution < 1.29 is 18.8 Å². The van der Waals surface area contributed by atoms with Crippen LogP contribution in [0.5, 0.6) is 0 Å². The predicted molar refractivity (Wildman–Crippen MR) is 269 cm³/mol. The Morgan fingerprint density at radius 2 is 1.10 bits per heavy atom. The monoisotopic (exact) mass is 930 g/mol. The average molecular weight is 932 g/mol. The third-order valence-corrected chi connectivity index (χ3v) is 26.3. The van der Waals surface area contributed by atoms with Gasteiger partial charge in [-0.25, -0.2) is 0 Å². The van der Waals surface area contributed by atoms with Crippen molar-refractivity contribution in [1.82, 2.24) is 10.6 Å². The summed E-state index contributed by atoms with van der Waals surface area (Å²) in [5.74, 6) is -0.318. The van der Waals surface area contributed by atoms with Crippen molar-refractivity contribution in [2.45, 2.75) is 97.3 Å². The fourth-order valence-corrected chi connectivity index (χ4v) is 22.0. The van der Waals surface area contributed by atoms with Crippen LogP contribution < -0.4 is 31.6 Å². The van der Waals surface area contributed by atoms with Gasteiger partial charge in [-0.2, -0.15) is 0 Å². The predicted octanol–water partition coefficient (Wildman–Crippen LogP) is 10.9. The minimum atomic E-state index is -3.42. The van der Waals surface area contributed by atoms with Crippen LogP contribution in [0.15, 0.2) is 164 Å². The molecular weight excluding hydrogens is 868 g/mol. The van der Waals surface area contributed by atoms with E-state index in [2.05, 4.69) is 173 Å². The fraction of sp³-hybridized carbons (Fsp3) is 0.321. The van der Waals surface area contributed by atoms with Gasteiger partial charge in [-0.3, -0.25) is 0 Å². The molecule has 2 N–H and O–H groups in total. The van der Waals surface area contributed by atoms with Crippen LogP contribution in [0.25, 0.3) is 10.8 Å². The van der Waals surface area contributed by atoms with E-state index in [1.165, 1.54) is 26.9 Å². The third kappa shape index (κ3) is 10.3. The molecule has 6 rings (SSSR count). The summed E-state index contributed by atoms with van der Waals surface area (Å²) >= 11 is 4.69. The molecule has 6 aromatic carbocycles. The van der Waals surface area contributed by atoms with Crippen LogP contribution in [0.1, 0.15) is 67.9 Å². The third-order valence-electron chi connectivity index (χ3n) is 11.9. The van der Waals surface area contributed by atoms with Crippen LogP contribution >= 0.6 is 20.8 Å². The van der Waals surface area contributed by atoms with E-state index in [1.54, 1.807) is 0 Å².